The van der Waals surface area contributed by atoms with Crippen LogP contribution in [0.5, 0.6) is 0 Å². The average molecular weight is 518 g/mol. The Morgan fingerprint density at radius 2 is 2.19 bits per heavy atom. The topological polar surface area (TPSA) is 97.5 Å². The van der Waals surface area contributed by atoms with E-state index in [1.165, 1.54) is 11.3 Å². The summed E-state index contributed by atoms with van der Waals surface area (Å²) in [6.45, 7) is 3.46. The van der Waals surface area contributed by atoms with Gasteiger partial charge in [0.15, 0.2) is 0 Å². The zero-order chi connectivity index (χ0) is 22.9. The Labute approximate surface area is 206 Å². The predicted octanol–water partition coefficient (Wildman–Crippen LogP) is 3.37. The van der Waals surface area contributed by atoms with Crippen molar-refractivity contribution < 1.29 is 14.3 Å². The summed E-state index contributed by atoms with van der Waals surface area (Å²) in [5, 5.41) is 5.92. The van der Waals surface area contributed by atoms with Crippen LogP contribution in [-0.4, -0.2) is 59.8 Å². The van der Waals surface area contributed by atoms with Crippen molar-refractivity contribution in [2.24, 2.45) is 5.73 Å². The highest BCUT2D eigenvalue weighted by molar-refractivity contribution is 8.01. The maximum atomic E-state index is 12.2. The molecule has 2 heterocycles. The number of amides is 2. The Morgan fingerprint density at radius 1 is 1.34 bits per heavy atom. The van der Waals surface area contributed by atoms with E-state index in [0.29, 0.717) is 35.3 Å². The van der Waals surface area contributed by atoms with Gasteiger partial charge in [0.05, 0.1) is 34.9 Å². The summed E-state index contributed by atoms with van der Waals surface area (Å²) in [5.74, 6) is 0.418. The van der Waals surface area contributed by atoms with E-state index in [4.69, 9.17) is 33.7 Å². The molecule has 1 fully saturated rings. The molecule has 0 radical (unpaired) electrons. The summed E-state index contributed by atoms with van der Waals surface area (Å²) in [6.07, 6.45) is 1.32. The van der Waals surface area contributed by atoms with Crippen LogP contribution in [0.15, 0.2) is 27.9 Å². The number of nitrogens with zero attached hydrogens (tertiary/aromatic N) is 2. The van der Waals surface area contributed by atoms with Crippen LogP contribution in [0.3, 0.4) is 0 Å². The van der Waals surface area contributed by atoms with E-state index in [2.05, 4.69) is 15.2 Å². The number of morpholine rings is 1. The second-order valence-corrected chi connectivity index (χ2v) is 10.5. The normalized spacial score (nSPS) is 16.8. The maximum Gasteiger partial charge on any atom is 0.223 e. The molecule has 1 aromatic heterocycles. The quantitative estimate of drug-likeness (QED) is 0.351. The third-order valence-electron chi connectivity index (χ3n) is 4.80. The molecule has 2 amide bonds. The monoisotopic (exact) mass is 516 g/mol. The van der Waals surface area contributed by atoms with E-state index in [9.17, 15) is 9.59 Å². The van der Waals surface area contributed by atoms with Gasteiger partial charge < -0.3 is 15.8 Å². The standard InChI is InChI=1S/C21H26Cl2N4O3S2/c22-17-4-3-14(8-18(17)23)11-27-5-6-30-16(12-27)10-25-20(29)2-1-7-31-21-26-15(13-32-21)9-19(24)28/h3-4,8,13,16H,1-2,5-7,9-12H2,(H2,24,28)(H,25,29)/t16-/m0/s1. The highest BCUT2D eigenvalue weighted by Gasteiger charge is 2.21. The molecule has 32 heavy (non-hydrogen) atoms. The van der Waals surface area contributed by atoms with Crippen molar-refractivity contribution in [1.82, 2.24) is 15.2 Å². The van der Waals surface area contributed by atoms with Gasteiger partial charge in [0.2, 0.25) is 11.8 Å². The molecule has 1 aromatic carbocycles. The molecule has 3 N–H and O–H groups in total. The van der Waals surface area contributed by atoms with Gasteiger partial charge in [0.1, 0.15) is 4.34 Å². The number of hydrogen-bond acceptors (Lipinski definition) is 7. The Kier molecular flexibility index (Phi) is 10.1. The molecule has 1 saturated heterocycles. The van der Waals surface area contributed by atoms with Crippen LogP contribution in [0.2, 0.25) is 10.0 Å². The van der Waals surface area contributed by atoms with E-state index in [1.54, 1.807) is 11.8 Å². The Hall–Kier alpha value is -1.36. The van der Waals surface area contributed by atoms with Crippen LogP contribution in [0.25, 0.3) is 0 Å². The maximum absolute atomic E-state index is 12.2. The molecular weight excluding hydrogens is 491 g/mol. The van der Waals surface area contributed by atoms with Crippen LogP contribution < -0.4 is 11.1 Å². The van der Waals surface area contributed by atoms with Crippen molar-refractivity contribution in [2.45, 2.75) is 36.3 Å². The Bertz CT molecular complexity index is 928. The van der Waals surface area contributed by atoms with Gasteiger partial charge in [-0.15, -0.1) is 11.3 Å². The molecule has 3 rings (SSSR count). The first-order chi connectivity index (χ1) is 15.4. The first-order valence-electron chi connectivity index (χ1n) is 10.3. The molecule has 1 atom stereocenters. The zero-order valence-electron chi connectivity index (χ0n) is 17.5. The summed E-state index contributed by atoms with van der Waals surface area (Å²) < 4.78 is 6.69. The number of ether oxygens (including phenoxy) is 1. The van der Waals surface area contributed by atoms with Crippen LogP contribution in [0, 0.1) is 0 Å². The van der Waals surface area contributed by atoms with Gasteiger partial charge in [-0.3, -0.25) is 14.5 Å². The van der Waals surface area contributed by atoms with Crippen molar-refractivity contribution in [3.05, 3.63) is 44.9 Å². The number of thioether (sulfide) groups is 1. The molecule has 0 unspecified atom stereocenters. The fourth-order valence-corrected chi connectivity index (χ4v) is 5.44. The van der Waals surface area contributed by atoms with Gasteiger partial charge in [-0.2, -0.15) is 0 Å². The molecule has 0 saturated carbocycles. The van der Waals surface area contributed by atoms with Crippen molar-refractivity contribution in [1.29, 1.82) is 0 Å². The Morgan fingerprint density at radius 3 is 2.97 bits per heavy atom. The predicted molar refractivity (Wildman–Crippen MR) is 129 cm³/mol. The van der Waals surface area contributed by atoms with E-state index in [1.807, 2.05) is 23.6 Å². The lowest BCUT2D eigenvalue weighted by atomic mass is 10.2. The van der Waals surface area contributed by atoms with Gasteiger partial charge in [0, 0.05) is 43.7 Å². The number of rotatable bonds is 11. The van der Waals surface area contributed by atoms with Gasteiger partial charge in [-0.05, 0) is 24.1 Å². The largest absolute Gasteiger partial charge is 0.374 e. The molecule has 11 heteroatoms. The number of aromatic nitrogens is 1. The number of hydrogen-bond donors (Lipinski definition) is 2. The summed E-state index contributed by atoms with van der Waals surface area (Å²) in [7, 11) is 0. The Balaban J connectivity index is 1.31. The highest BCUT2D eigenvalue weighted by atomic mass is 35.5. The van der Waals surface area contributed by atoms with E-state index < -0.39 is 0 Å². The van der Waals surface area contributed by atoms with Gasteiger partial charge in [-0.1, -0.05) is 41.0 Å². The van der Waals surface area contributed by atoms with Crippen LogP contribution in [0.4, 0.5) is 0 Å². The van der Waals surface area contributed by atoms with Crippen molar-refractivity contribution in [2.75, 3.05) is 32.0 Å². The lowest BCUT2D eigenvalue weighted by molar-refractivity contribution is -0.122. The minimum absolute atomic E-state index is 0.0179. The summed E-state index contributed by atoms with van der Waals surface area (Å²) in [6, 6.07) is 5.67. The third-order valence-corrected chi connectivity index (χ3v) is 7.69. The molecule has 0 spiro atoms. The zero-order valence-corrected chi connectivity index (χ0v) is 20.7. The number of nitrogens with one attached hydrogen (secondary N) is 1. The number of carbonyl (C=O) groups is 2. The molecule has 174 valence electrons. The van der Waals surface area contributed by atoms with E-state index in [-0.39, 0.29) is 24.3 Å². The minimum atomic E-state index is -0.386. The molecule has 0 aliphatic carbocycles. The van der Waals surface area contributed by atoms with E-state index >= 15 is 0 Å². The molecule has 7 nitrogen and oxygen atoms in total. The SMILES string of the molecule is NC(=O)Cc1csc(SCCCC(=O)NC[C@H]2CN(Cc3ccc(Cl)c(Cl)c3)CCO2)n1. The highest BCUT2D eigenvalue weighted by Crippen LogP contribution is 2.24. The second kappa shape index (κ2) is 12.8. The number of nitrogens with two attached hydrogens (primary N) is 1. The number of benzene rings is 1. The van der Waals surface area contributed by atoms with Gasteiger partial charge in [-0.25, -0.2) is 4.98 Å². The van der Waals surface area contributed by atoms with Crippen molar-refractivity contribution in [3.63, 3.8) is 0 Å². The van der Waals surface area contributed by atoms with Crippen LogP contribution in [0.1, 0.15) is 24.1 Å². The molecule has 2 aromatic rings. The smallest absolute Gasteiger partial charge is 0.223 e. The first-order valence-corrected chi connectivity index (χ1v) is 12.9. The number of carbonyl (C=O) groups excluding carboxylic acids is 2. The fraction of sp³-hybridized carbons (Fsp3) is 0.476. The lowest BCUT2D eigenvalue weighted by Gasteiger charge is -2.33. The molecule has 1 aliphatic heterocycles. The third kappa shape index (κ3) is 8.53. The summed E-state index contributed by atoms with van der Waals surface area (Å²) >= 11 is 15.2. The van der Waals surface area contributed by atoms with Crippen LogP contribution >= 0.6 is 46.3 Å². The number of halogens is 2. The number of thiazole rings is 1. The summed E-state index contributed by atoms with van der Waals surface area (Å²) in [4.78, 5) is 29.8. The minimum Gasteiger partial charge on any atom is -0.374 e. The lowest BCUT2D eigenvalue weighted by Crippen LogP contribution is -2.47. The fourth-order valence-electron chi connectivity index (χ4n) is 3.27. The first kappa shape index (κ1) is 25.3. The van der Waals surface area contributed by atoms with Crippen molar-refractivity contribution in [3.8, 4) is 0 Å². The van der Waals surface area contributed by atoms with Crippen LogP contribution in [-0.2, 0) is 27.3 Å². The second-order valence-electron chi connectivity index (χ2n) is 7.48. The van der Waals surface area contributed by atoms with Gasteiger partial charge in [0.25, 0.3) is 0 Å². The molecular formula is C21H26Cl2N4O3S2. The summed E-state index contributed by atoms with van der Waals surface area (Å²) in [5.41, 5.74) is 6.98. The molecule has 1 aliphatic rings. The average Bonchev–Trinajstić information content (AvgIpc) is 3.19. The van der Waals surface area contributed by atoms with Crippen molar-refractivity contribution >= 4 is 58.1 Å². The number of primary amides is 1. The van der Waals surface area contributed by atoms with Gasteiger partial charge >= 0.3 is 0 Å². The van der Waals surface area contributed by atoms with E-state index in [0.717, 1.165) is 41.7 Å². The molecule has 0 bridgehead atoms.